The number of carboxylic acids is 1. The van der Waals surface area contributed by atoms with Crippen molar-refractivity contribution in [2.75, 3.05) is 0 Å². The molecule has 1 aliphatic carbocycles. The summed E-state index contributed by atoms with van der Waals surface area (Å²) in [4.78, 5) is 11.7. The minimum absolute atomic E-state index is 0.169. The van der Waals surface area contributed by atoms with Crippen LogP contribution in [0.4, 0.5) is 0 Å². The molecule has 1 heterocycles. The van der Waals surface area contributed by atoms with Crippen molar-refractivity contribution in [1.29, 1.82) is 0 Å². The summed E-state index contributed by atoms with van der Waals surface area (Å²) in [5.74, 6) is -0.667. The van der Waals surface area contributed by atoms with Gasteiger partial charge in [-0.2, -0.15) is 0 Å². The Bertz CT molecular complexity index is 584. The topological polar surface area (TPSA) is 63.3 Å². The highest BCUT2D eigenvalue weighted by Gasteiger charge is 2.35. The summed E-state index contributed by atoms with van der Waals surface area (Å²) in [6.45, 7) is 0. The van der Waals surface area contributed by atoms with E-state index in [0.717, 1.165) is 36.6 Å². The van der Waals surface area contributed by atoms with Gasteiger partial charge in [-0.05, 0) is 30.9 Å². The summed E-state index contributed by atoms with van der Waals surface area (Å²) in [6.07, 6.45) is 5.36. The normalized spacial score (nSPS) is 18.5. The lowest BCUT2D eigenvalue weighted by molar-refractivity contribution is -0.141. The van der Waals surface area contributed by atoms with Gasteiger partial charge in [0.15, 0.2) is 5.76 Å². The van der Waals surface area contributed by atoms with E-state index in [4.69, 9.17) is 4.52 Å². The van der Waals surface area contributed by atoms with Gasteiger partial charge in [0, 0.05) is 5.39 Å². The van der Waals surface area contributed by atoms with Crippen LogP contribution >= 0.6 is 0 Å². The van der Waals surface area contributed by atoms with Crippen molar-refractivity contribution >= 4 is 16.9 Å². The second kappa shape index (κ2) is 5.03. The van der Waals surface area contributed by atoms with Crippen molar-refractivity contribution in [2.45, 2.75) is 38.0 Å². The van der Waals surface area contributed by atoms with Gasteiger partial charge in [0.05, 0.1) is 0 Å². The minimum Gasteiger partial charge on any atom is -0.481 e. The molecule has 4 nitrogen and oxygen atoms in total. The number of aromatic nitrogens is 1. The van der Waals surface area contributed by atoms with E-state index in [-0.39, 0.29) is 5.92 Å². The first-order valence-electron chi connectivity index (χ1n) is 6.84. The molecule has 1 unspecified atom stereocenters. The van der Waals surface area contributed by atoms with Gasteiger partial charge in [-0.25, -0.2) is 0 Å². The lowest BCUT2D eigenvalue weighted by atomic mass is 9.78. The van der Waals surface area contributed by atoms with Gasteiger partial charge in [-0.1, -0.05) is 36.6 Å². The van der Waals surface area contributed by atoms with E-state index in [1.807, 2.05) is 24.3 Å². The molecule has 100 valence electrons. The lowest BCUT2D eigenvalue weighted by Crippen LogP contribution is -2.23. The fourth-order valence-corrected chi connectivity index (χ4v) is 3.13. The number of hydrogen-bond acceptors (Lipinski definition) is 3. The molecule has 0 amide bonds. The summed E-state index contributed by atoms with van der Waals surface area (Å²) >= 11 is 0. The second-order valence-corrected chi connectivity index (χ2v) is 5.28. The van der Waals surface area contributed by atoms with Gasteiger partial charge in [0.25, 0.3) is 0 Å². The van der Waals surface area contributed by atoms with Crippen LogP contribution in [0, 0.1) is 5.92 Å². The monoisotopic (exact) mass is 259 g/mol. The Labute approximate surface area is 111 Å². The van der Waals surface area contributed by atoms with E-state index >= 15 is 0 Å². The molecule has 0 aliphatic heterocycles. The average Bonchev–Trinajstić information content (AvgIpc) is 2.84. The Kier molecular flexibility index (Phi) is 3.23. The quantitative estimate of drug-likeness (QED) is 0.915. The van der Waals surface area contributed by atoms with Crippen LogP contribution in [0.1, 0.15) is 43.8 Å². The Morgan fingerprint density at radius 1 is 1.26 bits per heavy atom. The molecule has 19 heavy (non-hydrogen) atoms. The van der Waals surface area contributed by atoms with E-state index in [9.17, 15) is 9.90 Å². The van der Waals surface area contributed by atoms with Gasteiger partial charge < -0.3 is 9.63 Å². The highest BCUT2D eigenvalue weighted by molar-refractivity contribution is 5.86. The Balaban J connectivity index is 2.01. The van der Waals surface area contributed by atoms with Crippen molar-refractivity contribution in [1.82, 2.24) is 5.16 Å². The maximum atomic E-state index is 11.7. The number of aliphatic carboxylic acids is 1. The Hall–Kier alpha value is -1.84. The van der Waals surface area contributed by atoms with Crippen LogP contribution in [-0.2, 0) is 4.79 Å². The molecular weight excluding hydrogens is 242 g/mol. The van der Waals surface area contributed by atoms with Gasteiger partial charge in [-0.15, -0.1) is 0 Å². The predicted octanol–water partition coefficient (Wildman–Crippen LogP) is 3.58. The zero-order chi connectivity index (χ0) is 13.2. The molecule has 0 bridgehead atoms. The first-order chi connectivity index (χ1) is 9.27. The smallest absolute Gasteiger partial charge is 0.314 e. The Morgan fingerprint density at radius 2 is 2.00 bits per heavy atom. The van der Waals surface area contributed by atoms with Gasteiger partial charge in [-0.3, -0.25) is 4.79 Å². The lowest BCUT2D eigenvalue weighted by Gasteiger charge is -2.25. The molecule has 1 saturated carbocycles. The molecule has 2 aromatic rings. The van der Waals surface area contributed by atoms with Crippen LogP contribution in [0.5, 0.6) is 0 Å². The minimum atomic E-state index is -0.797. The standard InChI is InChI=1S/C15H17NO3/c17-15(18)13(10-6-2-1-3-7-10)14-11-8-4-5-9-12(11)16-19-14/h4-5,8-10,13H,1-3,6-7H2,(H,17,18). The van der Waals surface area contributed by atoms with Gasteiger partial charge in [0.2, 0.25) is 0 Å². The number of carbonyl (C=O) groups is 1. The van der Waals surface area contributed by atoms with Gasteiger partial charge >= 0.3 is 5.97 Å². The van der Waals surface area contributed by atoms with E-state index in [1.165, 1.54) is 6.42 Å². The Morgan fingerprint density at radius 3 is 2.74 bits per heavy atom. The molecule has 1 N–H and O–H groups in total. The summed E-state index contributed by atoms with van der Waals surface area (Å²) in [7, 11) is 0. The molecule has 3 rings (SSSR count). The van der Waals surface area contributed by atoms with Crippen molar-refractivity contribution in [3.8, 4) is 0 Å². The molecule has 0 saturated heterocycles. The molecular formula is C15H17NO3. The number of rotatable bonds is 3. The number of hydrogen-bond donors (Lipinski definition) is 1. The highest BCUT2D eigenvalue weighted by Crippen LogP contribution is 2.38. The van der Waals surface area contributed by atoms with Gasteiger partial charge in [0.1, 0.15) is 11.4 Å². The number of fused-ring (bicyclic) bond motifs is 1. The summed E-state index contributed by atoms with van der Waals surface area (Å²) in [6, 6.07) is 7.51. The molecule has 1 atom stereocenters. The van der Waals surface area contributed by atoms with E-state index in [1.54, 1.807) is 0 Å². The largest absolute Gasteiger partial charge is 0.481 e. The summed E-state index contributed by atoms with van der Waals surface area (Å²) < 4.78 is 5.36. The van der Waals surface area contributed by atoms with Crippen molar-refractivity contribution in [3.63, 3.8) is 0 Å². The predicted molar refractivity (Wildman–Crippen MR) is 71.0 cm³/mol. The van der Waals surface area contributed by atoms with Crippen LogP contribution < -0.4 is 0 Å². The van der Waals surface area contributed by atoms with Crippen LogP contribution in [-0.4, -0.2) is 16.2 Å². The molecule has 1 aliphatic rings. The summed E-state index contributed by atoms with van der Waals surface area (Å²) in [5, 5.41) is 14.4. The maximum absolute atomic E-state index is 11.7. The third-order valence-corrected chi connectivity index (χ3v) is 4.08. The van der Waals surface area contributed by atoms with Crippen molar-refractivity contribution in [2.24, 2.45) is 5.92 Å². The number of carboxylic acid groups (broad SMARTS) is 1. The molecule has 1 aromatic heterocycles. The molecule has 0 radical (unpaired) electrons. The van der Waals surface area contributed by atoms with Crippen molar-refractivity contribution in [3.05, 3.63) is 30.0 Å². The SMILES string of the molecule is O=C(O)C(c1onc2ccccc12)C1CCCCC1. The fraction of sp³-hybridized carbons (Fsp3) is 0.467. The maximum Gasteiger partial charge on any atom is 0.314 e. The van der Waals surface area contributed by atoms with Crippen molar-refractivity contribution < 1.29 is 14.4 Å². The zero-order valence-electron chi connectivity index (χ0n) is 10.7. The fourth-order valence-electron chi connectivity index (χ4n) is 3.13. The van der Waals surface area contributed by atoms with Crippen LogP contribution in [0.15, 0.2) is 28.8 Å². The molecule has 0 spiro atoms. The number of benzene rings is 1. The van der Waals surface area contributed by atoms with Crippen LogP contribution in [0.2, 0.25) is 0 Å². The molecule has 1 fully saturated rings. The average molecular weight is 259 g/mol. The zero-order valence-corrected chi connectivity index (χ0v) is 10.7. The van der Waals surface area contributed by atoms with E-state index in [2.05, 4.69) is 5.16 Å². The molecule has 1 aromatic carbocycles. The third kappa shape index (κ3) is 2.23. The first kappa shape index (κ1) is 12.2. The summed E-state index contributed by atoms with van der Waals surface area (Å²) in [5.41, 5.74) is 0.736. The number of nitrogens with zero attached hydrogens (tertiary/aromatic N) is 1. The molecule has 4 heteroatoms. The van der Waals surface area contributed by atoms with E-state index in [0.29, 0.717) is 5.76 Å². The first-order valence-corrected chi connectivity index (χ1v) is 6.84. The third-order valence-electron chi connectivity index (χ3n) is 4.08. The van der Waals surface area contributed by atoms with E-state index < -0.39 is 11.9 Å². The highest BCUT2D eigenvalue weighted by atomic mass is 16.5. The van der Waals surface area contributed by atoms with Crippen LogP contribution in [0.3, 0.4) is 0 Å². The van der Waals surface area contributed by atoms with Crippen LogP contribution in [0.25, 0.3) is 10.9 Å². The second-order valence-electron chi connectivity index (χ2n) is 5.28.